The molecule has 76 heavy (non-hydrogen) atoms. The summed E-state index contributed by atoms with van der Waals surface area (Å²) in [7, 11) is 0. The first-order valence-electron chi connectivity index (χ1n) is 34.6. The van der Waals surface area contributed by atoms with Crippen molar-refractivity contribution in [2.45, 2.75) is 398 Å². The minimum Gasteiger partial charge on any atom is -0.466 e. The molecule has 2 atom stereocenters. The minimum atomic E-state index is -0.664. The lowest BCUT2D eigenvalue weighted by Gasteiger charge is -2.22. The van der Waals surface area contributed by atoms with Crippen molar-refractivity contribution in [1.82, 2.24) is 5.32 Å². The van der Waals surface area contributed by atoms with Crippen LogP contribution in [0.5, 0.6) is 0 Å². The summed E-state index contributed by atoms with van der Waals surface area (Å²) in [6, 6.07) is -0.542. The zero-order valence-corrected chi connectivity index (χ0v) is 51.5. The van der Waals surface area contributed by atoms with Crippen LogP contribution in [-0.4, -0.2) is 47.4 Å². The van der Waals surface area contributed by atoms with Crippen LogP contribution in [0.3, 0.4) is 0 Å². The minimum absolute atomic E-state index is 0.0124. The standard InChI is InChI=1S/C70H135NO5/c1-3-5-7-9-11-13-15-17-19-31-36-40-44-48-52-56-60-64-70(75)76-65-61-57-53-49-45-41-37-33-30-28-26-24-22-20-21-23-25-27-29-32-35-39-43-47-51-55-59-63-69(74)71-67(66-72)68(73)62-58-54-50-46-42-38-34-18-16-14-12-10-8-6-4-2/h17,19-21,67-68,72-73H,3-16,18,22-66H2,1-2H3,(H,71,74)/b19-17-,21-20-. The average molecular weight is 1070 g/mol. The number of allylic oxidation sites excluding steroid dienone is 4. The van der Waals surface area contributed by atoms with E-state index in [2.05, 4.69) is 43.5 Å². The summed E-state index contributed by atoms with van der Waals surface area (Å²) >= 11 is 0. The SMILES string of the molecule is CCCCCCCC/C=C\CCCCCCCCCC(=O)OCCCCCCCCCCCCCC/C=C\CCCCCCCCCCCCCC(=O)NC(CO)C(O)CCCCCCCCCCCCCCCCC. The van der Waals surface area contributed by atoms with Crippen molar-refractivity contribution < 1.29 is 24.5 Å². The zero-order valence-electron chi connectivity index (χ0n) is 51.5. The predicted molar refractivity (Wildman–Crippen MR) is 333 cm³/mol. The van der Waals surface area contributed by atoms with Crippen molar-refractivity contribution in [3.63, 3.8) is 0 Å². The number of hydrogen-bond donors (Lipinski definition) is 3. The molecule has 6 heteroatoms. The second-order valence-corrected chi connectivity index (χ2v) is 23.9. The lowest BCUT2D eigenvalue weighted by molar-refractivity contribution is -0.143. The maximum Gasteiger partial charge on any atom is 0.305 e. The average Bonchev–Trinajstić information content (AvgIpc) is 3.42. The fraction of sp³-hybridized carbons (Fsp3) is 0.914. The van der Waals surface area contributed by atoms with Crippen LogP contribution in [0.2, 0.25) is 0 Å². The van der Waals surface area contributed by atoms with Gasteiger partial charge >= 0.3 is 5.97 Å². The third-order valence-electron chi connectivity index (χ3n) is 16.2. The molecule has 0 aromatic heterocycles. The lowest BCUT2D eigenvalue weighted by atomic mass is 10.0. The molecule has 0 bridgehead atoms. The number of nitrogens with one attached hydrogen (secondary N) is 1. The van der Waals surface area contributed by atoms with Gasteiger partial charge in [-0.15, -0.1) is 0 Å². The van der Waals surface area contributed by atoms with Crippen LogP contribution in [0.15, 0.2) is 24.3 Å². The van der Waals surface area contributed by atoms with Crippen LogP contribution in [-0.2, 0) is 14.3 Å². The van der Waals surface area contributed by atoms with Gasteiger partial charge in [0.2, 0.25) is 5.91 Å². The van der Waals surface area contributed by atoms with E-state index in [4.69, 9.17) is 4.74 Å². The van der Waals surface area contributed by atoms with E-state index in [1.54, 1.807) is 0 Å². The van der Waals surface area contributed by atoms with Gasteiger partial charge in [0.05, 0.1) is 25.4 Å². The highest BCUT2D eigenvalue weighted by Crippen LogP contribution is 2.18. The van der Waals surface area contributed by atoms with Crippen molar-refractivity contribution in [1.29, 1.82) is 0 Å². The molecule has 0 saturated heterocycles. The van der Waals surface area contributed by atoms with Crippen molar-refractivity contribution in [2.75, 3.05) is 13.2 Å². The largest absolute Gasteiger partial charge is 0.466 e. The first-order chi connectivity index (χ1) is 37.5. The highest BCUT2D eigenvalue weighted by atomic mass is 16.5. The Morgan fingerprint density at radius 1 is 0.355 bits per heavy atom. The fourth-order valence-electron chi connectivity index (χ4n) is 10.9. The van der Waals surface area contributed by atoms with E-state index >= 15 is 0 Å². The van der Waals surface area contributed by atoms with Gasteiger partial charge in [-0.25, -0.2) is 0 Å². The molecule has 0 radical (unpaired) electrons. The topological polar surface area (TPSA) is 95.9 Å². The van der Waals surface area contributed by atoms with E-state index in [9.17, 15) is 19.8 Å². The molecule has 0 fully saturated rings. The zero-order chi connectivity index (χ0) is 55.0. The molecule has 3 N–H and O–H groups in total. The second-order valence-electron chi connectivity index (χ2n) is 23.9. The number of aliphatic hydroxyl groups is 2. The van der Waals surface area contributed by atoms with E-state index in [1.807, 2.05) is 0 Å². The Morgan fingerprint density at radius 3 is 0.934 bits per heavy atom. The maximum absolute atomic E-state index is 12.5. The summed E-state index contributed by atoms with van der Waals surface area (Å²) in [5.74, 6) is -0.0207. The third kappa shape index (κ3) is 61.6. The number of rotatable bonds is 65. The van der Waals surface area contributed by atoms with E-state index < -0.39 is 12.1 Å². The van der Waals surface area contributed by atoms with Gasteiger partial charge in [0.25, 0.3) is 0 Å². The molecule has 6 nitrogen and oxygen atoms in total. The van der Waals surface area contributed by atoms with Crippen molar-refractivity contribution >= 4 is 11.9 Å². The van der Waals surface area contributed by atoms with Crippen LogP contribution in [0, 0.1) is 0 Å². The number of unbranched alkanes of at least 4 members (excludes halogenated alkanes) is 50. The number of carbonyl (C=O) groups excluding carboxylic acids is 2. The summed E-state index contributed by atoms with van der Waals surface area (Å²) in [6.07, 6.45) is 82.2. The molecule has 2 unspecified atom stereocenters. The summed E-state index contributed by atoms with van der Waals surface area (Å²) in [4.78, 5) is 24.6. The Balaban J connectivity index is 3.37. The Labute approximate surface area is 475 Å². The molecule has 1 amide bonds. The Morgan fingerprint density at radius 2 is 0.618 bits per heavy atom. The molecule has 0 aliphatic heterocycles. The van der Waals surface area contributed by atoms with Crippen LogP contribution < -0.4 is 5.32 Å². The highest BCUT2D eigenvalue weighted by Gasteiger charge is 2.20. The van der Waals surface area contributed by atoms with Gasteiger partial charge in [-0.05, 0) is 77.0 Å². The monoisotopic (exact) mass is 1070 g/mol. The first kappa shape index (κ1) is 74.3. The molecule has 0 aliphatic rings. The number of hydrogen-bond acceptors (Lipinski definition) is 5. The third-order valence-corrected chi connectivity index (χ3v) is 16.2. The van der Waals surface area contributed by atoms with Gasteiger partial charge in [-0.1, -0.05) is 321 Å². The molecule has 0 aliphatic carbocycles. The molecular weight excluding hydrogens is 935 g/mol. The van der Waals surface area contributed by atoms with Crippen molar-refractivity contribution in [2.24, 2.45) is 0 Å². The van der Waals surface area contributed by atoms with E-state index in [0.717, 1.165) is 44.9 Å². The Kier molecular flexibility index (Phi) is 64.4. The highest BCUT2D eigenvalue weighted by molar-refractivity contribution is 5.76. The Hall–Kier alpha value is -1.66. The fourth-order valence-corrected chi connectivity index (χ4v) is 10.9. The molecule has 0 saturated carbocycles. The molecule has 0 spiro atoms. The first-order valence-corrected chi connectivity index (χ1v) is 34.6. The van der Waals surface area contributed by atoms with Gasteiger partial charge in [0, 0.05) is 12.8 Å². The second kappa shape index (κ2) is 65.9. The van der Waals surface area contributed by atoms with Gasteiger partial charge in [-0.3, -0.25) is 9.59 Å². The van der Waals surface area contributed by atoms with Crippen LogP contribution in [0.4, 0.5) is 0 Å². The molecule has 0 aromatic carbocycles. The van der Waals surface area contributed by atoms with Crippen LogP contribution in [0.25, 0.3) is 0 Å². The van der Waals surface area contributed by atoms with Gasteiger partial charge < -0.3 is 20.3 Å². The predicted octanol–water partition coefficient (Wildman–Crippen LogP) is 22.1. The molecule has 450 valence electrons. The number of aliphatic hydroxyl groups excluding tert-OH is 2. The summed E-state index contributed by atoms with van der Waals surface area (Å²) in [5.41, 5.74) is 0. The number of ether oxygens (including phenoxy) is 1. The molecule has 0 aromatic rings. The van der Waals surface area contributed by atoms with E-state index in [1.165, 1.54) is 308 Å². The quantitative estimate of drug-likeness (QED) is 0.0320. The van der Waals surface area contributed by atoms with Crippen molar-refractivity contribution in [3.05, 3.63) is 24.3 Å². The van der Waals surface area contributed by atoms with E-state index in [-0.39, 0.29) is 18.5 Å². The normalized spacial score (nSPS) is 12.6. The molecule has 0 rings (SSSR count). The van der Waals surface area contributed by atoms with Crippen molar-refractivity contribution in [3.8, 4) is 0 Å². The Bertz CT molecular complexity index is 1190. The van der Waals surface area contributed by atoms with Gasteiger partial charge in [-0.2, -0.15) is 0 Å². The summed E-state index contributed by atoms with van der Waals surface area (Å²) in [6.45, 7) is 4.98. The molecule has 0 heterocycles. The summed E-state index contributed by atoms with van der Waals surface area (Å²) in [5, 5.41) is 23.3. The van der Waals surface area contributed by atoms with Crippen LogP contribution >= 0.6 is 0 Å². The van der Waals surface area contributed by atoms with Crippen LogP contribution in [0.1, 0.15) is 386 Å². The van der Waals surface area contributed by atoms with Gasteiger partial charge in [0.1, 0.15) is 0 Å². The number of carbonyl (C=O) groups is 2. The lowest BCUT2D eigenvalue weighted by Crippen LogP contribution is -2.45. The van der Waals surface area contributed by atoms with Gasteiger partial charge in [0.15, 0.2) is 0 Å². The van der Waals surface area contributed by atoms with E-state index in [0.29, 0.717) is 25.9 Å². The summed E-state index contributed by atoms with van der Waals surface area (Å²) < 4.78 is 5.50. The smallest absolute Gasteiger partial charge is 0.305 e. The maximum atomic E-state index is 12.5. The molecular formula is C70H135NO5. The number of esters is 1. The number of amides is 1.